The van der Waals surface area contributed by atoms with Crippen molar-refractivity contribution in [2.45, 2.75) is 0 Å². The van der Waals surface area contributed by atoms with Gasteiger partial charge in [0.15, 0.2) is 0 Å². The van der Waals surface area contributed by atoms with Gasteiger partial charge in [0.1, 0.15) is 5.82 Å². The number of carbonyl (C=O) groups is 1. The maximum absolute atomic E-state index is 13.8. The molecule has 0 saturated carbocycles. The van der Waals surface area contributed by atoms with E-state index in [4.69, 9.17) is 0 Å². The van der Waals surface area contributed by atoms with Crippen LogP contribution in [0.15, 0.2) is 18.2 Å². The van der Waals surface area contributed by atoms with Crippen LogP contribution in [0.4, 0.5) is 10.1 Å². The smallest absolute Gasteiger partial charge is 0.272 e. The van der Waals surface area contributed by atoms with E-state index in [0.29, 0.717) is 24.9 Å². The molecule has 1 aromatic carbocycles. The molecule has 1 amide bonds. The van der Waals surface area contributed by atoms with Crippen LogP contribution in [0.5, 0.6) is 0 Å². The Balaban J connectivity index is 0.00000161. The lowest BCUT2D eigenvalue weighted by Crippen LogP contribution is -2.32. The Morgan fingerprint density at radius 2 is 1.95 bits per heavy atom. The number of nitrogens with one attached hydrogen (secondary N) is 1. The van der Waals surface area contributed by atoms with Crippen molar-refractivity contribution in [2.24, 2.45) is 11.8 Å². The predicted molar refractivity (Wildman–Crippen MR) is 76.1 cm³/mol. The lowest BCUT2D eigenvalue weighted by atomic mass is 10.0. The fourth-order valence-electron chi connectivity index (χ4n) is 2.98. The Morgan fingerprint density at radius 1 is 1.33 bits per heavy atom. The molecule has 8 heteroatoms. The first-order valence-corrected chi connectivity index (χ1v) is 6.50. The van der Waals surface area contributed by atoms with Gasteiger partial charge in [-0.25, -0.2) is 4.39 Å². The average Bonchev–Trinajstić information content (AvgIpc) is 2.98. The Kier molecular flexibility index (Phi) is 4.43. The average molecular weight is 316 g/mol. The highest BCUT2D eigenvalue weighted by Gasteiger charge is 2.38. The number of hydrogen-bond acceptors (Lipinski definition) is 4. The number of carbonyl (C=O) groups excluding carboxylic acids is 1. The third-order valence-electron chi connectivity index (χ3n) is 4.07. The third-order valence-corrected chi connectivity index (χ3v) is 4.07. The molecule has 2 aliphatic heterocycles. The number of halogens is 2. The summed E-state index contributed by atoms with van der Waals surface area (Å²) in [5, 5.41) is 13.8. The van der Waals surface area contributed by atoms with E-state index in [0.717, 1.165) is 25.2 Å². The Hall–Kier alpha value is -1.73. The van der Waals surface area contributed by atoms with Gasteiger partial charge in [-0.15, -0.1) is 12.4 Å². The lowest BCUT2D eigenvalue weighted by molar-refractivity contribution is -0.385. The molecule has 2 aliphatic rings. The quantitative estimate of drug-likeness (QED) is 0.662. The summed E-state index contributed by atoms with van der Waals surface area (Å²) in [5.74, 6) is -0.355. The number of fused-ring (bicyclic) bond motifs is 1. The zero-order valence-corrected chi connectivity index (χ0v) is 11.9. The highest BCUT2D eigenvalue weighted by Crippen LogP contribution is 2.28. The summed E-state index contributed by atoms with van der Waals surface area (Å²) in [7, 11) is 0. The van der Waals surface area contributed by atoms with Gasteiger partial charge in [0.2, 0.25) is 0 Å². The van der Waals surface area contributed by atoms with Gasteiger partial charge in [-0.05, 0) is 17.9 Å². The molecule has 0 spiro atoms. The van der Waals surface area contributed by atoms with Crippen LogP contribution in [0.2, 0.25) is 0 Å². The van der Waals surface area contributed by atoms with Crippen molar-refractivity contribution in [3.8, 4) is 0 Å². The van der Waals surface area contributed by atoms with Crippen LogP contribution in [0.3, 0.4) is 0 Å². The molecule has 0 bridgehead atoms. The molecule has 3 rings (SSSR count). The van der Waals surface area contributed by atoms with Crippen molar-refractivity contribution in [3.05, 3.63) is 39.7 Å². The van der Waals surface area contributed by atoms with Crippen molar-refractivity contribution >= 4 is 24.0 Å². The van der Waals surface area contributed by atoms with Crippen LogP contribution in [-0.4, -0.2) is 41.9 Å². The van der Waals surface area contributed by atoms with Gasteiger partial charge in [0, 0.05) is 32.2 Å². The van der Waals surface area contributed by atoms with Crippen molar-refractivity contribution in [1.82, 2.24) is 10.2 Å². The molecule has 114 valence electrons. The number of nitro groups is 1. The van der Waals surface area contributed by atoms with Crippen LogP contribution in [-0.2, 0) is 0 Å². The lowest BCUT2D eigenvalue weighted by Gasteiger charge is -2.17. The summed E-state index contributed by atoms with van der Waals surface area (Å²) in [6, 6.07) is 3.16. The first kappa shape index (κ1) is 15.7. The van der Waals surface area contributed by atoms with Gasteiger partial charge in [-0.1, -0.05) is 0 Å². The molecule has 21 heavy (non-hydrogen) atoms. The molecule has 0 aliphatic carbocycles. The summed E-state index contributed by atoms with van der Waals surface area (Å²) >= 11 is 0. The van der Waals surface area contributed by atoms with Gasteiger partial charge in [-0.3, -0.25) is 14.9 Å². The third kappa shape index (κ3) is 2.84. The van der Waals surface area contributed by atoms with Gasteiger partial charge >= 0.3 is 0 Å². The van der Waals surface area contributed by atoms with Gasteiger partial charge < -0.3 is 10.2 Å². The van der Waals surface area contributed by atoms with Crippen LogP contribution in [0, 0.1) is 27.8 Å². The van der Waals surface area contributed by atoms with E-state index in [-0.39, 0.29) is 29.6 Å². The zero-order valence-electron chi connectivity index (χ0n) is 11.1. The zero-order chi connectivity index (χ0) is 14.3. The van der Waals surface area contributed by atoms with Crippen LogP contribution >= 0.6 is 12.4 Å². The van der Waals surface area contributed by atoms with Crippen molar-refractivity contribution < 1.29 is 14.1 Å². The Bertz CT molecular complexity index is 572. The van der Waals surface area contributed by atoms with Crippen LogP contribution < -0.4 is 5.32 Å². The summed E-state index contributed by atoms with van der Waals surface area (Å²) in [5.41, 5.74) is -0.440. The fourth-order valence-corrected chi connectivity index (χ4v) is 2.98. The summed E-state index contributed by atoms with van der Waals surface area (Å²) in [6.07, 6.45) is 0. The van der Waals surface area contributed by atoms with E-state index in [2.05, 4.69) is 5.32 Å². The van der Waals surface area contributed by atoms with Crippen molar-refractivity contribution in [3.63, 3.8) is 0 Å². The first-order chi connectivity index (χ1) is 9.56. The van der Waals surface area contributed by atoms with Crippen molar-refractivity contribution in [2.75, 3.05) is 26.2 Å². The second-order valence-electron chi connectivity index (χ2n) is 5.31. The van der Waals surface area contributed by atoms with Gasteiger partial charge in [0.25, 0.3) is 11.6 Å². The number of nitro benzene ring substituents is 1. The van der Waals surface area contributed by atoms with Gasteiger partial charge in [0.05, 0.1) is 16.6 Å². The molecule has 1 aromatic rings. The largest absolute Gasteiger partial charge is 0.338 e. The summed E-state index contributed by atoms with van der Waals surface area (Å²) in [6.45, 7) is 3.01. The van der Waals surface area contributed by atoms with E-state index < -0.39 is 10.7 Å². The van der Waals surface area contributed by atoms with Crippen LogP contribution in [0.25, 0.3) is 0 Å². The Labute approximate surface area is 126 Å². The number of amides is 1. The molecule has 2 atom stereocenters. The summed E-state index contributed by atoms with van der Waals surface area (Å²) < 4.78 is 13.8. The molecule has 1 N–H and O–H groups in total. The van der Waals surface area contributed by atoms with Crippen LogP contribution in [0.1, 0.15) is 10.4 Å². The molecule has 0 radical (unpaired) electrons. The minimum atomic E-state index is -0.834. The fraction of sp³-hybridized carbons (Fsp3) is 0.462. The van der Waals surface area contributed by atoms with E-state index in [1.54, 1.807) is 4.90 Å². The van der Waals surface area contributed by atoms with E-state index in [9.17, 15) is 19.3 Å². The number of hydrogen-bond donors (Lipinski definition) is 1. The van der Waals surface area contributed by atoms with Crippen molar-refractivity contribution in [1.29, 1.82) is 0 Å². The number of nitrogens with zero attached hydrogens (tertiary/aromatic N) is 2. The number of benzene rings is 1. The molecule has 0 aromatic heterocycles. The maximum Gasteiger partial charge on any atom is 0.272 e. The second-order valence-corrected chi connectivity index (χ2v) is 5.31. The van der Waals surface area contributed by atoms with E-state index in [1.807, 2.05) is 0 Å². The Morgan fingerprint density at radius 3 is 2.48 bits per heavy atom. The number of rotatable bonds is 2. The van der Waals surface area contributed by atoms with E-state index >= 15 is 0 Å². The van der Waals surface area contributed by atoms with Gasteiger partial charge in [-0.2, -0.15) is 0 Å². The van der Waals surface area contributed by atoms with E-state index in [1.165, 1.54) is 6.07 Å². The normalized spacial score (nSPS) is 23.6. The molecule has 6 nitrogen and oxygen atoms in total. The molecule has 2 fully saturated rings. The molecule has 0 unspecified atom stereocenters. The number of non-ortho nitro benzene ring substituents is 1. The maximum atomic E-state index is 13.8. The minimum Gasteiger partial charge on any atom is -0.338 e. The molecule has 2 heterocycles. The highest BCUT2D eigenvalue weighted by molar-refractivity contribution is 5.95. The summed E-state index contributed by atoms with van der Waals surface area (Å²) in [4.78, 5) is 23.8. The first-order valence-electron chi connectivity index (χ1n) is 6.50. The molecular formula is C13H15ClFN3O3. The standard InChI is InChI=1S/C13H14FN3O3.ClH/c14-12-3-10(17(19)20)1-2-11(12)13(18)16-6-8-4-15-5-9(8)7-16;/h1-3,8-9,15H,4-7H2;1H/t8-,9+;. The SMILES string of the molecule is Cl.O=C(c1ccc([N+](=O)[O-])cc1F)N1C[C@H]2CNC[C@H]2C1. The topological polar surface area (TPSA) is 75.5 Å². The molecule has 2 saturated heterocycles. The number of likely N-dealkylation sites (tertiary alicyclic amines) is 1. The monoisotopic (exact) mass is 315 g/mol. The second kappa shape index (κ2) is 5.95. The highest BCUT2D eigenvalue weighted by atomic mass is 35.5. The minimum absolute atomic E-state index is 0. The predicted octanol–water partition coefficient (Wildman–Crippen LogP) is 1.45. The molecular weight excluding hydrogens is 301 g/mol.